The average Bonchev–Trinajstić information content (AvgIpc) is 2.71. The maximum Gasteiger partial charge on any atom is 0.111 e. The number of ether oxygens (including phenoxy) is 1. The van der Waals surface area contributed by atoms with E-state index in [-0.39, 0.29) is 6.10 Å². The Balaban J connectivity index is 2.28. The minimum Gasteiger partial charge on any atom is -0.385 e. The van der Waals surface area contributed by atoms with Crippen molar-refractivity contribution in [2.75, 3.05) is 6.61 Å². The fourth-order valence-corrected chi connectivity index (χ4v) is 3.69. The Morgan fingerprint density at radius 1 is 1.47 bits per heavy atom. The van der Waals surface area contributed by atoms with Crippen LogP contribution < -0.4 is 0 Å². The summed E-state index contributed by atoms with van der Waals surface area (Å²) in [4.78, 5) is 0. The van der Waals surface area contributed by atoms with E-state index in [1.54, 1.807) is 0 Å². The molecule has 0 radical (unpaired) electrons. The van der Waals surface area contributed by atoms with Gasteiger partial charge in [-0.25, -0.2) is 0 Å². The van der Waals surface area contributed by atoms with E-state index in [1.807, 2.05) is 6.92 Å². The molecule has 4 unspecified atom stereocenters. The van der Waals surface area contributed by atoms with Crippen LogP contribution in [0.3, 0.4) is 0 Å². The van der Waals surface area contributed by atoms with Crippen LogP contribution in [0.1, 0.15) is 52.4 Å². The predicted molar refractivity (Wildman–Crippen MR) is 65.3 cm³/mol. The number of nitriles is 1. The first kappa shape index (κ1) is 12.9. The number of hydrogen-bond acceptors (Lipinski definition) is 3. The van der Waals surface area contributed by atoms with Gasteiger partial charge in [-0.3, -0.25) is 0 Å². The van der Waals surface area contributed by atoms with Gasteiger partial charge in [-0.15, -0.1) is 0 Å². The van der Waals surface area contributed by atoms with Gasteiger partial charge in [-0.2, -0.15) is 5.26 Å². The lowest BCUT2D eigenvalue weighted by atomic mass is 9.59. The van der Waals surface area contributed by atoms with Crippen LogP contribution in [0.15, 0.2) is 0 Å². The third-order valence-corrected chi connectivity index (χ3v) is 5.00. The molecule has 0 aromatic carbocycles. The molecule has 3 heteroatoms. The van der Waals surface area contributed by atoms with Crippen LogP contribution in [0.25, 0.3) is 0 Å². The Morgan fingerprint density at radius 2 is 2.24 bits per heavy atom. The highest BCUT2D eigenvalue weighted by Gasteiger charge is 2.58. The first-order chi connectivity index (χ1) is 8.08. The molecule has 0 amide bonds. The third-order valence-electron chi connectivity index (χ3n) is 5.00. The van der Waals surface area contributed by atoms with Crippen LogP contribution >= 0.6 is 0 Å². The SMILES string of the molecule is CCC1CCCC(C#N)(C2(O)CCOC2C)C1. The molecule has 17 heavy (non-hydrogen) atoms. The van der Waals surface area contributed by atoms with Crippen molar-refractivity contribution in [3.05, 3.63) is 0 Å². The van der Waals surface area contributed by atoms with Crippen LogP contribution in [-0.2, 0) is 4.74 Å². The molecule has 0 bridgehead atoms. The Labute approximate surface area is 104 Å². The van der Waals surface area contributed by atoms with Crippen molar-refractivity contribution in [3.63, 3.8) is 0 Å². The Kier molecular flexibility index (Phi) is 3.47. The van der Waals surface area contributed by atoms with Crippen molar-refractivity contribution in [1.29, 1.82) is 5.26 Å². The lowest BCUT2D eigenvalue weighted by molar-refractivity contribution is -0.117. The van der Waals surface area contributed by atoms with Crippen molar-refractivity contribution in [1.82, 2.24) is 0 Å². The average molecular weight is 237 g/mol. The monoisotopic (exact) mass is 237 g/mol. The van der Waals surface area contributed by atoms with E-state index < -0.39 is 11.0 Å². The zero-order valence-electron chi connectivity index (χ0n) is 10.9. The number of nitrogens with zero attached hydrogens (tertiary/aromatic N) is 1. The molecule has 1 aliphatic heterocycles. The molecule has 1 saturated heterocycles. The van der Waals surface area contributed by atoms with Gasteiger partial charge < -0.3 is 9.84 Å². The zero-order valence-corrected chi connectivity index (χ0v) is 10.9. The van der Waals surface area contributed by atoms with E-state index >= 15 is 0 Å². The minimum absolute atomic E-state index is 0.210. The molecule has 2 fully saturated rings. The van der Waals surface area contributed by atoms with E-state index in [0.29, 0.717) is 18.9 Å². The number of aliphatic hydroxyl groups is 1. The molecule has 1 heterocycles. The van der Waals surface area contributed by atoms with Gasteiger partial charge in [0.05, 0.1) is 17.6 Å². The third kappa shape index (κ3) is 1.88. The normalized spacial score (nSPS) is 46.7. The molecule has 2 aliphatic rings. The summed E-state index contributed by atoms with van der Waals surface area (Å²) in [6.45, 7) is 4.66. The van der Waals surface area contributed by atoms with Crippen molar-refractivity contribution in [2.24, 2.45) is 11.3 Å². The van der Waals surface area contributed by atoms with Gasteiger partial charge in [0.2, 0.25) is 0 Å². The molecule has 3 nitrogen and oxygen atoms in total. The molecular weight excluding hydrogens is 214 g/mol. The fraction of sp³-hybridized carbons (Fsp3) is 0.929. The van der Waals surface area contributed by atoms with E-state index in [0.717, 1.165) is 25.7 Å². The summed E-state index contributed by atoms with van der Waals surface area (Å²) in [6.07, 6.45) is 5.42. The second kappa shape index (κ2) is 4.59. The summed E-state index contributed by atoms with van der Waals surface area (Å²) in [5.74, 6) is 0.584. The van der Waals surface area contributed by atoms with E-state index in [4.69, 9.17) is 4.74 Å². The summed E-state index contributed by atoms with van der Waals surface area (Å²) < 4.78 is 5.52. The summed E-state index contributed by atoms with van der Waals surface area (Å²) in [5, 5.41) is 20.5. The summed E-state index contributed by atoms with van der Waals surface area (Å²) >= 11 is 0. The van der Waals surface area contributed by atoms with Gasteiger partial charge in [-0.1, -0.05) is 26.2 Å². The van der Waals surface area contributed by atoms with Crippen molar-refractivity contribution < 1.29 is 9.84 Å². The number of hydrogen-bond donors (Lipinski definition) is 1. The zero-order chi connectivity index (χ0) is 12.5. The topological polar surface area (TPSA) is 53.2 Å². The molecular formula is C14H23NO2. The van der Waals surface area contributed by atoms with Crippen molar-refractivity contribution in [2.45, 2.75) is 64.1 Å². The highest BCUT2D eigenvalue weighted by Crippen LogP contribution is 2.52. The number of rotatable bonds is 2. The Morgan fingerprint density at radius 3 is 2.76 bits per heavy atom. The second-order valence-corrected chi connectivity index (χ2v) is 5.75. The summed E-state index contributed by atoms with van der Waals surface area (Å²) in [6, 6.07) is 2.46. The first-order valence-corrected chi connectivity index (χ1v) is 6.83. The summed E-state index contributed by atoms with van der Waals surface area (Å²) in [5.41, 5.74) is -1.52. The molecule has 2 rings (SSSR count). The molecule has 1 saturated carbocycles. The Bertz CT molecular complexity index is 325. The van der Waals surface area contributed by atoms with Gasteiger partial charge in [-0.05, 0) is 25.7 Å². The van der Waals surface area contributed by atoms with Crippen LogP contribution in [0, 0.1) is 22.7 Å². The molecule has 4 atom stereocenters. The summed E-state index contributed by atoms with van der Waals surface area (Å²) in [7, 11) is 0. The van der Waals surface area contributed by atoms with E-state index in [1.165, 1.54) is 6.42 Å². The minimum atomic E-state index is -0.935. The largest absolute Gasteiger partial charge is 0.385 e. The molecule has 1 aliphatic carbocycles. The molecule has 96 valence electrons. The molecule has 0 spiro atoms. The maximum absolute atomic E-state index is 10.9. The van der Waals surface area contributed by atoms with E-state index in [9.17, 15) is 10.4 Å². The van der Waals surface area contributed by atoms with Crippen LogP contribution in [0.4, 0.5) is 0 Å². The quantitative estimate of drug-likeness (QED) is 0.803. The van der Waals surface area contributed by atoms with Gasteiger partial charge in [0.1, 0.15) is 5.60 Å². The van der Waals surface area contributed by atoms with Gasteiger partial charge in [0.15, 0.2) is 0 Å². The molecule has 0 aromatic heterocycles. The first-order valence-electron chi connectivity index (χ1n) is 6.83. The Hall–Kier alpha value is -0.590. The molecule has 0 aromatic rings. The van der Waals surface area contributed by atoms with Gasteiger partial charge in [0.25, 0.3) is 0 Å². The van der Waals surface area contributed by atoms with Crippen molar-refractivity contribution in [3.8, 4) is 6.07 Å². The van der Waals surface area contributed by atoms with Crippen LogP contribution in [0.2, 0.25) is 0 Å². The fourth-order valence-electron chi connectivity index (χ4n) is 3.69. The highest BCUT2D eigenvalue weighted by atomic mass is 16.5. The van der Waals surface area contributed by atoms with Crippen LogP contribution in [0.5, 0.6) is 0 Å². The van der Waals surface area contributed by atoms with Gasteiger partial charge >= 0.3 is 0 Å². The standard InChI is InChI=1S/C14H23NO2/c1-3-12-5-4-6-13(9-12,10-15)14(16)7-8-17-11(14)2/h11-12,16H,3-9H2,1-2H3. The van der Waals surface area contributed by atoms with Crippen molar-refractivity contribution >= 4 is 0 Å². The highest BCUT2D eigenvalue weighted by molar-refractivity contribution is 5.16. The lowest BCUT2D eigenvalue weighted by Crippen LogP contribution is -2.54. The van der Waals surface area contributed by atoms with Gasteiger partial charge in [0, 0.05) is 13.0 Å². The lowest BCUT2D eigenvalue weighted by Gasteiger charge is -2.46. The smallest absolute Gasteiger partial charge is 0.111 e. The predicted octanol–water partition coefficient (Wildman–Crippen LogP) is 2.64. The van der Waals surface area contributed by atoms with E-state index in [2.05, 4.69) is 13.0 Å². The second-order valence-electron chi connectivity index (χ2n) is 5.75. The van der Waals surface area contributed by atoms with Crippen LogP contribution in [-0.4, -0.2) is 23.4 Å². The maximum atomic E-state index is 10.9. The molecule has 1 N–H and O–H groups in total.